The summed E-state index contributed by atoms with van der Waals surface area (Å²) >= 11 is 3.46. The Morgan fingerprint density at radius 1 is 1.50 bits per heavy atom. The molecule has 1 aromatic heterocycles. The number of nitrogens with zero attached hydrogens (tertiary/aromatic N) is 2. The van der Waals surface area contributed by atoms with E-state index in [1.165, 1.54) is 0 Å². The van der Waals surface area contributed by atoms with Crippen molar-refractivity contribution < 1.29 is 4.79 Å². The molecule has 1 aromatic rings. The van der Waals surface area contributed by atoms with Gasteiger partial charge in [0.05, 0.1) is 0 Å². The molecule has 0 aliphatic carbocycles. The predicted molar refractivity (Wildman–Crippen MR) is 85.0 cm³/mol. The highest BCUT2D eigenvalue weighted by Gasteiger charge is 2.26. The van der Waals surface area contributed by atoms with Crippen LogP contribution in [-0.2, 0) is 0 Å². The summed E-state index contributed by atoms with van der Waals surface area (Å²) < 4.78 is 2.96. The molecule has 2 unspecified atom stereocenters. The van der Waals surface area contributed by atoms with E-state index in [9.17, 15) is 4.79 Å². The Kier molecular flexibility index (Phi) is 4.91. The molecule has 0 bridgehead atoms. The quantitative estimate of drug-likeness (QED) is 0.917. The molecule has 1 saturated heterocycles. The van der Waals surface area contributed by atoms with Crippen molar-refractivity contribution in [1.29, 1.82) is 0 Å². The molecular formula is C15H24BrN3O. The van der Waals surface area contributed by atoms with E-state index in [2.05, 4.69) is 54.0 Å². The molecule has 20 heavy (non-hydrogen) atoms. The lowest BCUT2D eigenvalue weighted by molar-refractivity contribution is 0.0873. The topological polar surface area (TPSA) is 37.3 Å². The second-order valence-electron chi connectivity index (χ2n) is 6.15. The fourth-order valence-electron chi connectivity index (χ4n) is 2.87. The number of carbonyl (C=O) groups is 1. The third kappa shape index (κ3) is 3.44. The second kappa shape index (κ2) is 6.31. The minimum Gasteiger partial charge on any atom is -0.348 e. The summed E-state index contributed by atoms with van der Waals surface area (Å²) in [6.07, 6.45) is 2.99. The van der Waals surface area contributed by atoms with Crippen molar-refractivity contribution in [1.82, 2.24) is 14.8 Å². The number of carbonyl (C=O) groups excluding carboxylic acids is 1. The number of hydrogen-bond acceptors (Lipinski definition) is 2. The summed E-state index contributed by atoms with van der Waals surface area (Å²) in [5.74, 6) is 0.523. The summed E-state index contributed by atoms with van der Waals surface area (Å²) in [4.78, 5) is 14.8. The molecule has 2 atom stereocenters. The van der Waals surface area contributed by atoms with E-state index >= 15 is 0 Å². The Morgan fingerprint density at radius 3 is 2.80 bits per heavy atom. The highest BCUT2D eigenvalue weighted by Crippen LogP contribution is 2.21. The van der Waals surface area contributed by atoms with Gasteiger partial charge in [-0.05, 0) is 61.8 Å². The zero-order valence-corrected chi connectivity index (χ0v) is 14.3. The molecule has 2 rings (SSSR count). The molecule has 5 heteroatoms. The molecule has 2 heterocycles. The Labute approximate surface area is 129 Å². The van der Waals surface area contributed by atoms with Gasteiger partial charge in [0, 0.05) is 29.3 Å². The van der Waals surface area contributed by atoms with Crippen LogP contribution in [0, 0.1) is 5.92 Å². The van der Waals surface area contributed by atoms with E-state index in [0.29, 0.717) is 5.92 Å². The van der Waals surface area contributed by atoms with E-state index in [0.717, 1.165) is 29.7 Å². The van der Waals surface area contributed by atoms with E-state index in [-0.39, 0.29) is 18.0 Å². The third-order valence-corrected chi connectivity index (χ3v) is 4.46. The molecule has 0 radical (unpaired) electrons. The number of likely N-dealkylation sites (tertiary alicyclic amines) is 1. The van der Waals surface area contributed by atoms with Gasteiger partial charge < -0.3 is 14.8 Å². The largest absolute Gasteiger partial charge is 0.348 e. The average molecular weight is 342 g/mol. The zero-order valence-electron chi connectivity index (χ0n) is 12.7. The molecule has 4 nitrogen and oxygen atoms in total. The van der Waals surface area contributed by atoms with Gasteiger partial charge in [0.25, 0.3) is 5.91 Å². The summed E-state index contributed by atoms with van der Waals surface area (Å²) in [7, 11) is 2.13. The molecule has 1 aliphatic rings. The first-order chi connectivity index (χ1) is 9.38. The molecular weight excluding hydrogens is 318 g/mol. The maximum Gasteiger partial charge on any atom is 0.268 e. The maximum absolute atomic E-state index is 12.5. The van der Waals surface area contributed by atoms with Gasteiger partial charge in [0.15, 0.2) is 0 Å². The standard InChI is InChI=1S/C15H24BrN3O/c1-10(2)19-9-12(16)7-14(19)15(20)17-13-5-6-18(4)8-11(13)3/h7,9-11,13H,5-6,8H2,1-4H3,(H,17,20). The Hall–Kier alpha value is -0.810. The Morgan fingerprint density at radius 2 is 2.20 bits per heavy atom. The Bertz CT molecular complexity index is 483. The molecule has 1 fully saturated rings. The van der Waals surface area contributed by atoms with Crippen LogP contribution < -0.4 is 5.32 Å². The van der Waals surface area contributed by atoms with Crippen LogP contribution in [0.4, 0.5) is 0 Å². The van der Waals surface area contributed by atoms with Crippen molar-refractivity contribution in [2.45, 2.75) is 39.3 Å². The van der Waals surface area contributed by atoms with Gasteiger partial charge in [-0.2, -0.15) is 0 Å². The lowest BCUT2D eigenvalue weighted by Gasteiger charge is -2.35. The lowest BCUT2D eigenvalue weighted by Crippen LogP contribution is -2.49. The first-order valence-electron chi connectivity index (χ1n) is 7.25. The SMILES string of the molecule is CC1CN(C)CCC1NC(=O)c1cc(Br)cn1C(C)C. The van der Waals surface area contributed by atoms with Crippen LogP contribution in [-0.4, -0.2) is 41.6 Å². The van der Waals surface area contributed by atoms with Crippen molar-refractivity contribution in [3.05, 3.63) is 22.4 Å². The number of nitrogens with one attached hydrogen (secondary N) is 1. The smallest absolute Gasteiger partial charge is 0.268 e. The van der Waals surface area contributed by atoms with Crippen LogP contribution in [0.3, 0.4) is 0 Å². The summed E-state index contributed by atoms with van der Waals surface area (Å²) in [6, 6.07) is 2.44. The highest BCUT2D eigenvalue weighted by atomic mass is 79.9. The van der Waals surface area contributed by atoms with Crippen LogP contribution in [0.1, 0.15) is 43.7 Å². The van der Waals surface area contributed by atoms with E-state index < -0.39 is 0 Å². The van der Waals surface area contributed by atoms with E-state index in [1.54, 1.807) is 0 Å². The summed E-state index contributed by atoms with van der Waals surface area (Å²) in [5.41, 5.74) is 0.734. The number of hydrogen-bond donors (Lipinski definition) is 1. The van der Waals surface area contributed by atoms with Gasteiger partial charge in [-0.3, -0.25) is 4.79 Å². The van der Waals surface area contributed by atoms with Crippen molar-refractivity contribution >= 4 is 21.8 Å². The minimum atomic E-state index is 0.0332. The molecule has 1 N–H and O–H groups in total. The Balaban J connectivity index is 2.08. The maximum atomic E-state index is 12.5. The van der Waals surface area contributed by atoms with Gasteiger partial charge in [0.2, 0.25) is 0 Å². The molecule has 0 spiro atoms. The number of aromatic nitrogens is 1. The first kappa shape index (κ1) is 15.6. The number of piperidine rings is 1. The summed E-state index contributed by atoms with van der Waals surface area (Å²) in [5, 5.41) is 3.21. The normalized spacial score (nSPS) is 24.1. The van der Waals surface area contributed by atoms with E-state index in [4.69, 9.17) is 0 Å². The molecule has 0 aromatic carbocycles. The predicted octanol–water partition coefficient (Wildman–Crippen LogP) is 2.90. The summed E-state index contributed by atoms with van der Waals surface area (Å²) in [6.45, 7) is 8.46. The average Bonchev–Trinajstić information content (AvgIpc) is 2.75. The molecule has 0 saturated carbocycles. The molecule has 1 aliphatic heterocycles. The number of rotatable bonds is 3. The van der Waals surface area contributed by atoms with Crippen LogP contribution in [0.2, 0.25) is 0 Å². The van der Waals surface area contributed by atoms with Crippen LogP contribution in [0.25, 0.3) is 0 Å². The van der Waals surface area contributed by atoms with Crippen molar-refractivity contribution in [3.8, 4) is 0 Å². The molecule has 1 amide bonds. The number of amides is 1. The highest BCUT2D eigenvalue weighted by molar-refractivity contribution is 9.10. The van der Waals surface area contributed by atoms with Crippen molar-refractivity contribution in [2.75, 3.05) is 20.1 Å². The monoisotopic (exact) mass is 341 g/mol. The van der Waals surface area contributed by atoms with Gasteiger partial charge >= 0.3 is 0 Å². The van der Waals surface area contributed by atoms with Gasteiger partial charge in [-0.15, -0.1) is 0 Å². The van der Waals surface area contributed by atoms with Gasteiger partial charge in [0.1, 0.15) is 5.69 Å². The second-order valence-corrected chi connectivity index (χ2v) is 7.07. The van der Waals surface area contributed by atoms with Gasteiger partial charge in [-0.25, -0.2) is 0 Å². The molecule has 112 valence electrons. The van der Waals surface area contributed by atoms with Crippen molar-refractivity contribution in [3.63, 3.8) is 0 Å². The van der Waals surface area contributed by atoms with Crippen LogP contribution in [0.15, 0.2) is 16.7 Å². The van der Waals surface area contributed by atoms with Gasteiger partial charge in [-0.1, -0.05) is 6.92 Å². The van der Waals surface area contributed by atoms with Crippen molar-refractivity contribution in [2.24, 2.45) is 5.92 Å². The van der Waals surface area contributed by atoms with E-state index in [1.807, 2.05) is 16.8 Å². The lowest BCUT2D eigenvalue weighted by atomic mass is 9.94. The third-order valence-electron chi connectivity index (χ3n) is 4.03. The fraction of sp³-hybridized carbons (Fsp3) is 0.667. The van der Waals surface area contributed by atoms with Crippen LogP contribution >= 0.6 is 15.9 Å². The minimum absolute atomic E-state index is 0.0332. The van der Waals surface area contributed by atoms with Crippen LogP contribution in [0.5, 0.6) is 0 Å². The fourth-order valence-corrected chi connectivity index (χ4v) is 3.30. The zero-order chi connectivity index (χ0) is 14.9. The first-order valence-corrected chi connectivity index (χ1v) is 8.04. The number of halogens is 1.